The molecule has 2 aliphatic rings. The number of rotatable bonds is 4. The Bertz CT molecular complexity index is 460. The maximum Gasteiger partial charge on any atom is 0.358 e. The van der Waals surface area contributed by atoms with Crippen molar-refractivity contribution in [3.63, 3.8) is 0 Å². The molecule has 3 rings (SSSR count). The number of esters is 1. The van der Waals surface area contributed by atoms with Gasteiger partial charge in [0.2, 0.25) is 0 Å². The fourth-order valence-electron chi connectivity index (χ4n) is 3.49. The summed E-state index contributed by atoms with van der Waals surface area (Å²) in [6.45, 7) is 0.966. The number of carbonyl (C=O) groups excluding carboxylic acids is 1. The lowest BCUT2D eigenvalue weighted by molar-refractivity contribution is 0.0593. The molecule has 2 saturated carbocycles. The molecule has 0 spiro atoms. The van der Waals surface area contributed by atoms with Gasteiger partial charge in [-0.05, 0) is 37.0 Å². The van der Waals surface area contributed by atoms with Crippen LogP contribution in [-0.2, 0) is 4.74 Å². The minimum Gasteiger partial charge on any atom is -0.464 e. The summed E-state index contributed by atoms with van der Waals surface area (Å²) in [5, 5.41) is 3.33. The molecule has 1 aromatic heterocycles. The Morgan fingerprint density at radius 3 is 2.84 bits per heavy atom. The lowest BCUT2D eigenvalue weighted by atomic mass is 9.89. The molecule has 1 heterocycles. The van der Waals surface area contributed by atoms with Crippen LogP contribution in [0.15, 0.2) is 12.4 Å². The maximum atomic E-state index is 11.2. The number of nitrogens with one attached hydrogen (secondary N) is 1. The molecule has 1 aromatic rings. The molecule has 2 fully saturated rings. The van der Waals surface area contributed by atoms with Gasteiger partial charge in [-0.1, -0.05) is 6.42 Å². The van der Waals surface area contributed by atoms with E-state index < -0.39 is 5.97 Å². The Balaban J connectivity index is 1.54. The Kier molecular flexibility index (Phi) is 3.36. The zero-order valence-corrected chi connectivity index (χ0v) is 11.1. The first-order chi connectivity index (χ1) is 9.26. The first kappa shape index (κ1) is 12.4. The lowest BCUT2D eigenvalue weighted by Crippen LogP contribution is -2.20. The topological polar surface area (TPSA) is 64.1 Å². The third-order valence-electron chi connectivity index (χ3n) is 4.48. The highest BCUT2D eigenvalue weighted by molar-refractivity contribution is 5.86. The minimum atomic E-state index is -0.452. The van der Waals surface area contributed by atoms with Gasteiger partial charge >= 0.3 is 5.97 Å². The molecule has 102 valence electrons. The number of hydrogen-bond donors (Lipinski definition) is 1. The van der Waals surface area contributed by atoms with Crippen molar-refractivity contribution in [2.45, 2.75) is 25.7 Å². The summed E-state index contributed by atoms with van der Waals surface area (Å²) in [5.41, 5.74) is 0.243. The van der Waals surface area contributed by atoms with Crippen LogP contribution in [0.25, 0.3) is 0 Å². The third kappa shape index (κ3) is 2.55. The molecule has 0 saturated heterocycles. The first-order valence-electron chi connectivity index (χ1n) is 6.90. The molecule has 2 aliphatic carbocycles. The van der Waals surface area contributed by atoms with Crippen LogP contribution in [0.4, 0.5) is 5.82 Å². The number of aromatic nitrogens is 2. The van der Waals surface area contributed by atoms with Gasteiger partial charge in [-0.25, -0.2) is 14.8 Å². The number of ether oxygens (including phenoxy) is 1. The van der Waals surface area contributed by atoms with Crippen LogP contribution in [-0.4, -0.2) is 29.6 Å². The molecular formula is C14H19N3O2. The second-order valence-electron chi connectivity index (χ2n) is 5.59. The molecule has 19 heavy (non-hydrogen) atoms. The number of methoxy groups -OCH3 is 1. The predicted molar refractivity (Wildman–Crippen MR) is 70.8 cm³/mol. The standard InChI is InChI=1S/C14H19N3O2/c1-19-14(18)12-7-17-13(8-15-12)16-6-11-5-9-2-3-10(11)4-9/h7-11H,2-6H2,1H3,(H,16,17). The molecule has 5 nitrogen and oxygen atoms in total. The molecule has 1 N–H and O–H groups in total. The van der Waals surface area contributed by atoms with Crippen molar-refractivity contribution >= 4 is 11.8 Å². The van der Waals surface area contributed by atoms with Gasteiger partial charge < -0.3 is 10.1 Å². The lowest BCUT2D eigenvalue weighted by Gasteiger charge is -2.21. The predicted octanol–water partition coefficient (Wildman–Crippen LogP) is 2.11. The Labute approximate surface area is 112 Å². The maximum absolute atomic E-state index is 11.2. The van der Waals surface area contributed by atoms with Crippen molar-refractivity contribution in [3.8, 4) is 0 Å². The molecular weight excluding hydrogens is 242 g/mol. The van der Waals surface area contributed by atoms with Crippen molar-refractivity contribution < 1.29 is 9.53 Å². The second-order valence-corrected chi connectivity index (χ2v) is 5.59. The van der Waals surface area contributed by atoms with Crippen LogP contribution in [0.1, 0.15) is 36.2 Å². The largest absolute Gasteiger partial charge is 0.464 e. The Hall–Kier alpha value is -1.65. The third-order valence-corrected chi connectivity index (χ3v) is 4.48. The highest BCUT2D eigenvalue weighted by Gasteiger charge is 2.39. The zero-order valence-electron chi connectivity index (χ0n) is 11.1. The molecule has 3 unspecified atom stereocenters. The summed E-state index contributed by atoms with van der Waals surface area (Å²) in [5.74, 6) is 2.92. The molecule has 0 amide bonds. The Morgan fingerprint density at radius 1 is 1.37 bits per heavy atom. The number of anilines is 1. The molecule has 2 bridgehead atoms. The van der Waals surface area contributed by atoms with Crippen LogP contribution >= 0.6 is 0 Å². The van der Waals surface area contributed by atoms with E-state index in [0.29, 0.717) is 0 Å². The number of fused-ring (bicyclic) bond motifs is 2. The molecule has 0 aromatic carbocycles. The zero-order chi connectivity index (χ0) is 13.2. The quantitative estimate of drug-likeness (QED) is 0.841. The summed E-state index contributed by atoms with van der Waals surface area (Å²) >= 11 is 0. The number of hydrogen-bond acceptors (Lipinski definition) is 5. The van der Waals surface area contributed by atoms with E-state index in [2.05, 4.69) is 20.0 Å². The Morgan fingerprint density at radius 2 is 2.26 bits per heavy atom. The summed E-state index contributed by atoms with van der Waals surface area (Å²) in [6, 6.07) is 0. The monoisotopic (exact) mass is 261 g/mol. The fourth-order valence-corrected chi connectivity index (χ4v) is 3.49. The van der Waals surface area contributed by atoms with E-state index in [1.807, 2.05) is 0 Å². The van der Waals surface area contributed by atoms with Gasteiger partial charge in [0.05, 0.1) is 19.5 Å². The van der Waals surface area contributed by atoms with Crippen molar-refractivity contribution in [1.29, 1.82) is 0 Å². The summed E-state index contributed by atoms with van der Waals surface area (Å²) in [7, 11) is 1.34. The van der Waals surface area contributed by atoms with Gasteiger partial charge in [0.15, 0.2) is 5.69 Å². The van der Waals surface area contributed by atoms with Gasteiger partial charge in [-0.2, -0.15) is 0 Å². The second kappa shape index (κ2) is 5.15. The van der Waals surface area contributed by atoms with E-state index in [0.717, 1.165) is 30.1 Å². The molecule has 5 heteroatoms. The van der Waals surface area contributed by atoms with Crippen molar-refractivity contribution in [2.75, 3.05) is 19.0 Å². The van der Waals surface area contributed by atoms with Gasteiger partial charge in [0.25, 0.3) is 0 Å². The van der Waals surface area contributed by atoms with Crippen LogP contribution in [0.3, 0.4) is 0 Å². The van der Waals surface area contributed by atoms with Gasteiger partial charge in [0.1, 0.15) is 5.82 Å². The van der Waals surface area contributed by atoms with Crippen molar-refractivity contribution in [2.24, 2.45) is 17.8 Å². The smallest absolute Gasteiger partial charge is 0.358 e. The molecule has 0 aliphatic heterocycles. The van der Waals surface area contributed by atoms with E-state index in [4.69, 9.17) is 0 Å². The molecule has 0 radical (unpaired) electrons. The van der Waals surface area contributed by atoms with Crippen molar-refractivity contribution in [3.05, 3.63) is 18.1 Å². The van der Waals surface area contributed by atoms with Crippen LogP contribution in [0.2, 0.25) is 0 Å². The normalized spacial score (nSPS) is 28.4. The van der Waals surface area contributed by atoms with E-state index in [-0.39, 0.29) is 5.69 Å². The van der Waals surface area contributed by atoms with Crippen LogP contribution in [0, 0.1) is 17.8 Å². The van der Waals surface area contributed by atoms with Crippen molar-refractivity contribution in [1.82, 2.24) is 9.97 Å². The van der Waals surface area contributed by atoms with Gasteiger partial charge in [-0.15, -0.1) is 0 Å². The fraction of sp³-hybridized carbons (Fsp3) is 0.643. The van der Waals surface area contributed by atoms with E-state index in [1.54, 1.807) is 6.20 Å². The SMILES string of the molecule is COC(=O)c1cnc(NCC2CC3CCC2C3)cn1. The van der Waals surface area contributed by atoms with Gasteiger partial charge in [0, 0.05) is 6.54 Å². The van der Waals surface area contributed by atoms with Crippen LogP contribution in [0.5, 0.6) is 0 Å². The minimum absolute atomic E-state index is 0.243. The van der Waals surface area contributed by atoms with E-state index >= 15 is 0 Å². The van der Waals surface area contributed by atoms with E-state index in [9.17, 15) is 4.79 Å². The average molecular weight is 261 g/mol. The summed E-state index contributed by atoms with van der Waals surface area (Å²) in [6.07, 6.45) is 8.64. The summed E-state index contributed by atoms with van der Waals surface area (Å²) in [4.78, 5) is 19.5. The summed E-state index contributed by atoms with van der Waals surface area (Å²) < 4.78 is 4.59. The molecule has 3 atom stereocenters. The number of nitrogens with zero attached hydrogens (tertiary/aromatic N) is 2. The highest BCUT2D eigenvalue weighted by atomic mass is 16.5. The average Bonchev–Trinajstić information content (AvgIpc) is 3.07. The van der Waals surface area contributed by atoms with E-state index in [1.165, 1.54) is 39.0 Å². The van der Waals surface area contributed by atoms with Crippen LogP contribution < -0.4 is 5.32 Å². The van der Waals surface area contributed by atoms with Gasteiger partial charge in [-0.3, -0.25) is 0 Å². The number of carbonyl (C=O) groups is 1. The first-order valence-corrected chi connectivity index (χ1v) is 6.90. The highest BCUT2D eigenvalue weighted by Crippen LogP contribution is 2.48.